The molecule has 4 heteroatoms. The Morgan fingerprint density at radius 2 is 1.95 bits per heavy atom. The highest BCUT2D eigenvalue weighted by Gasteiger charge is 2.10. The molecule has 106 valence electrons. The van der Waals surface area contributed by atoms with Crippen LogP contribution in [0.2, 0.25) is 0 Å². The fourth-order valence-electron chi connectivity index (χ4n) is 2.15. The molecule has 2 N–H and O–H groups in total. The van der Waals surface area contributed by atoms with Crippen LogP contribution < -0.4 is 10.6 Å². The van der Waals surface area contributed by atoms with Gasteiger partial charge in [-0.2, -0.15) is 0 Å². The second-order valence-corrected chi connectivity index (χ2v) is 4.69. The van der Waals surface area contributed by atoms with Gasteiger partial charge in [-0.1, -0.05) is 18.2 Å². The number of anilines is 1. The number of pyridine rings is 1. The maximum Gasteiger partial charge on any atom is 0.146 e. The van der Waals surface area contributed by atoms with Crippen LogP contribution in [0.5, 0.6) is 0 Å². The summed E-state index contributed by atoms with van der Waals surface area (Å²) < 4.78 is 13.9. The van der Waals surface area contributed by atoms with Crippen molar-refractivity contribution in [2.75, 3.05) is 24.5 Å². The smallest absolute Gasteiger partial charge is 0.146 e. The lowest BCUT2D eigenvalue weighted by Gasteiger charge is -2.25. The molecule has 0 aliphatic rings. The third kappa shape index (κ3) is 4.03. The van der Waals surface area contributed by atoms with Crippen LogP contribution in [0.4, 0.5) is 10.1 Å². The second-order valence-electron chi connectivity index (χ2n) is 4.69. The molecule has 0 unspecified atom stereocenters. The molecule has 2 rings (SSSR count). The summed E-state index contributed by atoms with van der Waals surface area (Å²) >= 11 is 0. The van der Waals surface area contributed by atoms with E-state index < -0.39 is 0 Å². The van der Waals surface area contributed by atoms with Gasteiger partial charge in [0.2, 0.25) is 0 Å². The van der Waals surface area contributed by atoms with Crippen LogP contribution in [0.3, 0.4) is 0 Å². The molecular formula is C16H20FN3. The zero-order chi connectivity index (χ0) is 14.2. The molecule has 0 amide bonds. The van der Waals surface area contributed by atoms with Gasteiger partial charge < -0.3 is 10.6 Å². The summed E-state index contributed by atoms with van der Waals surface area (Å²) in [6.07, 6.45) is 5.29. The van der Waals surface area contributed by atoms with E-state index in [-0.39, 0.29) is 5.82 Å². The number of benzene rings is 1. The van der Waals surface area contributed by atoms with E-state index in [0.717, 1.165) is 31.5 Å². The Labute approximate surface area is 119 Å². The van der Waals surface area contributed by atoms with Crippen LogP contribution in [0.1, 0.15) is 12.0 Å². The average Bonchev–Trinajstić information content (AvgIpc) is 2.49. The first-order valence-electron chi connectivity index (χ1n) is 6.89. The van der Waals surface area contributed by atoms with E-state index in [4.69, 9.17) is 5.73 Å². The van der Waals surface area contributed by atoms with E-state index in [0.29, 0.717) is 12.2 Å². The van der Waals surface area contributed by atoms with Crippen molar-refractivity contribution in [3.05, 3.63) is 60.2 Å². The number of hydrogen-bond donors (Lipinski definition) is 1. The first kappa shape index (κ1) is 14.5. The third-order valence-corrected chi connectivity index (χ3v) is 3.22. The highest BCUT2D eigenvalue weighted by molar-refractivity contribution is 5.47. The molecule has 0 spiro atoms. The lowest BCUT2D eigenvalue weighted by atomic mass is 10.2. The zero-order valence-corrected chi connectivity index (χ0v) is 11.5. The summed E-state index contributed by atoms with van der Waals surface area (Å²) in [5.41, 5.74) is 7.37. The molecule has 1 aromatic heterocycles. The molecule has 0 radical (unpaired) electrons. The van der Waals surface area contributed by atoms with Gasteiger partial charge >= 0.3 is 0 Å². The molecule has 20 heavy (non-hydrogen) atoms. The van der Waals surface area contributed by atoms with Crippen LogP contribution in [-0.4, -0.2) is 24.6 Å². The van der Waals surface area contributed by atoms with E-state index in [1.807, 2.05) is 30.5 Å². The minimum Gasteiger partial charge on any atom is -0.369 e. The van der Waals surface area contributed by atoms with E-state index in [1.165, 1.54) is 6.07 Å². The van der Waals surface area contributed by atoms with Gasteiger partial charge in [-0.3, -0.25) is 4.98 Å². The molecule has 1 aromatic carbocycles. The second kappa shape index (κ2) is 7.60. The quantitative estimate of drug-likeness (QED) is 0.843. The van der Waals surface area contributed by atoms with E-state index >= 15 is 0 Å². The Morgan fingerprint density at radius 1 is 1.10 bits per heavy atom. The minimum absolute atomic E-state index is 0.185. The Kier molecular flexibility index (Phi) is 5.50. The number of aromatic nitrogens is 1. The lowest BCUT2D eigenvalue weighted by Crippen LogP contribution is -2.29. The van der Waals surface area contributed by atoms with Gasteiger partial charge in [0.1, 0.15) is 5.82 Å². The Morgan fingerprint density at radius 3 is 2.65 bits per heavy atom. The van der Waals surface area contributed by atoms with Crippen molar-refractivity contribution < 1.29 is 4.39 Å². The van der Waals surface area contributed by atoms with Crippen LogP contribution >= 0.6 is 0 Å². The number of nitrogens with zero attached hydrogens (tertiary/aromatic N) is 2. The SMILES string of the molecule is NCCCN(CCc1cccnc1)c1ccccc1F. The highest BCUT2D eigenvalue weighted by Crippen LogP contribution is 2.19. The summed E-state index contributed by atoms with van der Waals surface area (Å²) in [4.78, 5) is 6.15. The first-order chi connectivity index (χ1) is 9.81. The van der Waals surface area contributed by atoms with Crippen molar-refractivity contribution in [1.82, 2.24) is 4.98 Å². The summed E-state index contributed by atoms with van der Waals surface area (Å²) in [5.74, 6) is -0.185. The molecule has 0 aliphatic heterocycles. The number of rotatable bonds is 7. The lowest BCUT2D eigenvalue weighted by molar-refractivity contribution is 0.612. The molecular weight excluding hydrogens is 253 g/mol. The molecule has 1 heterocycles. The highest BCUT2D eigenvalue weighted by atomic mass is 19.1. The van der Waals surface area contributed by atoms with Crippen LogP contribution in [0, 0.1) is 5.82 Å². The Balaban J connectivity index is 2.06. The zero-order valence-electron chi connectivity index (χ0n) is 11.5. The monoisotopic (exact) mass is 273 g/mol. The molecule has 0 fully saturated rings. The predicted molar refractivity (Wildman–Crippen MR) is 80.2 cm³/mol. The van der Waals surface area contributed by atoms with Crippen molar-refractivity contribution >= 4 is 5.69 Å². The third-order valence-electron chi connectivity index (χ3n) is 3.22. The number of nitrogens with two attached hydrogens (primary N) is 1. The number of hydrogen-bond acceptors (Lipinski definition) is 3. The van der Waals surface area contributed by atoms with Crippen molar-refractivity contribution in [3.63, 3.8) is 0 Å². The Hall–Kier alpha value is -1.94. The summed E-state index contributed by atoms with van der Waals surface area (Å²) in [5, 5.41) is 0. The van der Waals surface area contributed by atoms with Gasteiger partial charge in [0, 0.05) is 25.5 Å². The summed E-state index contributed by atoms with van der Waals surface area (Å²) in [7, 11) is 0. The number of para-hydroxylation sites is 1. The van der Waals surface area contributed by atoms with E-state index in [2.05, 4.69) is 9.88 Å². The van der Waals surface area contributed by atoms with Crippen molar-refractivity contribution in [2.45, 2.75) is 12.8 Å². The normalized spacial score (nSPS) is 10.5. The molecule has 0 saturated carbocycles. The minimum atomic E-state index is -0.185. The van der Waals surface area contributed by atoms with Crippen LogP contribution in [0.25, 0.3) is 0 Å². The Bertz CT molecular complexity index is 516. The summed E-state index contributed by atoms with van der Waals surface area (Å²) in [6.45, 7) is 2.13. The van der Waals surface area contributed by atoms with E-state index in [1.54, 1.807) is 12.3 Å². The molecule has 0 atom stereocenters. The molecule has 0 aliphatic carbocycles. The maximum absolute atomic E-state index is 13.9. The fourth-order valence-corrected chi connectivity index (χ4v) is 2.15. The van der Waals surface area contributed by atoms with Crippen molar-refractivity contribution in [1.29, 1.82) is 0 Å². The average molecular weight is 273 g/mol. The standard InChI is InChI=1S/C16H20FN3/c17-15-6-1-2-7-16(15)20(11-4-9-18)12-8-14-5-3-10-19-13-14/h1-3,5-7,10,13H,4,8-9,11-12,18H2. The van der Waals surface area contributed by atoms with Gasteiger partial charge in [0.05, 0.1) is 5.69 Å². The van der Waals surface area contributed by atoms with Gasteiger partial charge in [0.15, 0.2) is 0 Å². The molecule has 2 aromatic rings. The molecule has 3 nitrogen and oxygen atoms in total. The van der Waals surface area contributed by atoms with Crippen LogP contribution in [-0.2, 0) is 6.42 Å². The molecule has 0 bridgehead atoms. The van der Waals surface area contributed by atoms with Gasteiger partial charge in [0.25, 0.3) is 0 Å². The van der Waals surface area contributed by atoms with Gasteiger partial charge in [-0.25, -0.2) is 4.39 Å². The molecule has 0 saturated heterocycles. The van der Waals surface area contributed by atoms with Gasteiger partial charge in [-0.05, 0) is 43.1 Å². The van der Waals surface area contributed by atoms with Crippen molar-refractivity contribution in [3.8, 4) is 0 Å². The topological polar surface area (TPSA) is 42.1 Å². The summed E-state index contributed by atoms with van der Waals surface area (Å²) in [6, 6.07) is 10.8. The van der Waals surface area contributed by atoms with Gasteiger partial charge in [-0.15, -0.1) is 0 Å². The van der Waals surface area contributed by atoms with E-state index in [9.17, 15) is 4.39 Å². The largest absolute Gasteiger partial charge is 0.369 e. The predicted octanol–water partition coefficient (Wildman–Crippen LogP) is 2.62. The maximum atomic E-state index is 13.9. The number of halogens is 1. The fraction of sp³-hybridized carbons (Fsp3) is 0.312. The first-order valence-corrected chi connectivity index (χ1v) is 6.89. The van der Waals surface area contributed by atoms with Crippen LogP contribution in [0.15, 0.2) is 48.8 Å². The van der Waals surface area contributed by atoms with Crippen molar-refractivity contribution in [2.24, 2.45) is 5.73 Å².